The minimum absolute atomic E-state index is 0.0880. The average molecular weight is 563 g/mol. The summed E-state index contributed by atoms with van der Waals surface area (Å²) in [5, 5.41) is 13.5. The zero-order chi connectivity index (χ0) is 28.3. The van der Waals surface area contributed by atoms with Crippen LogP contribution in [0.5, 0.6) is 5.75 Å². The SMILES string of the molecule is COC1(Oc2cc(F)cnc2C(C(=O)O)N2CCC[C@@H]2C(F)(F)CCCCc2ccc3c(n2)NCCC3)CCC1. The van der Waals surface area contributed by atoms with Gasteiger partial charge in [0.2, 0.25) is 5.79 Å². The van der Waals surface area contributed by atoms with Crippen LogP contribution in [-0.2, 0) is 22.4 Å². The highest BCUT2D eigenvalue weighted by atomic mass is 19.3. The number of hydrogen-bond donors (Lipinski definition) is 2. The molecule has 1 saturated carbocycles. The summed E-state index contributed by atoms with van der Waals surface area (Å²) in [4.78, 5) is 22.5. The molecule has 11 heteroatoms. The van der Waals surface area contributed by atoms with Gasteiger partial charge in [-0.15, -0.1) is 0 Å². The Morgan fingerprint density at radius 1 is 1.27 bits per heavy atom. The number of hydrogen-bond acceptors (Lipinski definition) is 7. The van der Waals surface area contributed by atoms with Crippen molar-refractivity contribution in [1.82, 2.24) is 14.9 Å². The van der Waals surface area contributed by atoms with Crippen LogP contribution in [-0.4, -0.2) is 63.9 Å². The summed E-state index contributed by atoms with van der Waals surface area (Å²) >= 11 is 0. The number of nitrogens with zero attached hydrogens (tertiary/aromatic N) is 3. The summed E-state index contributed by atoms with van der Waals surface area (Å²) in [6.45, 7) is 1.05. The highest BCUT2D eigenvalue weighted by Gasteiger charge is 2.50. The van der Waals surface area contributed by atoms with Gasteiger partial charge in [-0.25, -0.2) is 18.2 Å². The Kier molecular flexibility index (Phi) is 8.51. The lowest BCUT2D eigenvalue weighted by atomic mass is 9.91. The van der Waals surface area contributed by atoms with Crippen LogP contribution < -0.4 is 10.1 Å². The Morgan fingerprint density at radius 2 is 2.10 bits per heavy atom. The van der Waals surface area contributed by atoms with E-state index in [4.69, 9.17) is 9.47 Å². The molecule has 218 valence electrons. The molecule has 40 heavy (non-hydrogen) atoms. The van der Waals surface area contributed by atoms with Crippen molar-refractivity contribution < 1.29 is 32.5 Å². The van der Waals surface area contributed by atoms with E-state index in [1.165, 1.54) is 17.6 Å². The number of carbonyl (C=O) groups is 1. The first-order valence-electron chi connectivity index (χ1n) is 14.2. The zero-order valence-electron chi connectivity index (χ0n) is 22.8. The standard InChI is InChI=1S/C29H37F3N4O4/c1-39-28(12-6-13-28)40-22-17-20(30)18-34-24(22)25(27(37)38)36-16-5-9-23(36)29(31,32)14-3-2-8-21-11-10-19-7-4-15-33-26(19)35-21/h10-11,17-18,23,25H,2-9,12-16H2,1H3,(H,33,35)(H,37,38)/t23-,25?/m1/s1. The maximum absolute atomic E-state index is 15.6. The Balaban J connectivity index is 1.27. The molecule has 2 aromatic rings. The molecule has 0 spiro atoms. The van der Waals surface area contributed by atoms with Crippen molar-refractivity contribution in [2.24, 2.45) is 0 Å². The summed E-state index contributed by atoms with van der Waals surface area (Å²) in [6, 6.07) is 2.30. The van der Waals surface area contributed by atoms with E-state index in [1.807, 2.05) is 6.07 Å². The number of aliphatic carboxylic acids is 1. The molecule has 2 atom stereocenters. The van der Waals surface area contributed by atoms with E-state index in [9.17, 15) is 14.3 Å². The van der Waals surface area contributed by atoms with Crippen molar-refractivity contribution in [3.63, 3.8) is 0 Å². The second-order valence-electron chi connectivity index (χ2n) is 11.1. The van der Waals surface area contributed by atoms with E-state index in [0.29, 0.717) is 32.1 Å². The molecule has 0 radical (unpaired) electrons. The van der Waals surface area contributed by atoms with Crippen molar-refractivity contribution >= 4 is 11.8 Å². The Bertz CT molecular complexity index is 1200. The fraction of sp³-hybridized carbons (Fsp3) is 0.621. The first-order chi connectivity index (χ1) is 19.2. The minimum Gasteiger partial charge on any atom is -0.480 e. The predicted molar refractivity (Wildman–Crippen MR) is 142 cm³/mol. The van der Waals surface area contributed by atoms with Crippen LogP contribution in [0, 0.1) is 5.82 Å². The average Bonchev–Trinajstić information content (AvgIpc) is 3.40. The number of anilines is 1. The number of unbranched alkanes of at least 4 members (excludes halogenated alkanes) is 1. The predicted octanol–water partition coefficient (Wildman–Crippen LogP) is 5.52. The lowest BCUT2D eigenvalue weighted by molar-refractivity contribution is -0.212. The zero-order valence-corrected chi connectivity index (χ0v) is 22.8. The van der Waals surface area contributed by atoms with E-state index >= 15 is 8.78 Å². The first-order valence-corrected chi connectivity index (χ1v) is 14.2. The van der Waals surface area contributed by atoms with Gasteiger partial charge in [0.25, 0.3) is 5.92 Å². The smallest absolute Gasteiger partial charge is 0.327 e. The molecule has 5 rings (SSSR count). The number of halogens is 3. The second kappa shape index (κ2) is 11.9. The van der Waals surface area contributed by atoms with E-state index in [2.05, 4.69) is 21.4 Å². The number of aryl methyl sites for hydroxylation is 2. The largest absolute Gasteiger partial charge is 0.480 e. The highest BCUT2D eigenvalue weighted by Crippen LogP contribution is 2.44. The van der Waals surface area contributed by atoms with E-state index in [1.54, 1.807) is 0 Å². The third kappa shape index (κ3) is 6.05. The maximum Gasteiger partial charge on any atom is 0.327 e. The molecule has 0 aromatic carbocycles. The van der Waals surface area contributed by atoms with Gasteiger partial charge in [-0.2, -0.15) is 0 Å². The van der Waals surface area contributed by atoms with Crippen molar-refractivity contribution in [2.45, 2.75) is 94.4 Å². The summed E-state index contributed by atoms with van der Waals surface area (Å²) in [6.07, 6.45) is 6.56. The van der Waals surface area contributed by atoms with Crippen LogP contribution >= 0.6 is 0 Å². The van der Waals surface area contributed by atoms with Crippen molar-refractivity contribution in [1.29, 1.82) is 0 Å². The molecule has 2 fully saturated rings. The second-order valence-corrected chi connectivity index (χ2v) is 11.1. The summed E-state index contributed by atoms with van der Waals surface area (Å²) < 4.78 is 56.8. The number of fused-ring (bicyclic) bond motifs is 1. The fourth-order valence-corrected chi connectivity index (χ4v) is 6.04. The normalized spacial score (nSPS) is 21.2. The monoisotopic (exact) mass is 562 g/mol. The van der Waals surface area contributed by atoms with Crippen LogP contribution in [0.3, 0.4) is 0 Å². The van der Waals surface area contributed by atoms with E-state index in [-0.39, 0.29) is 37.3 Å². The van der Waals surface area contributed by atoms with Crippen LogP contribution in [0.25, 0.3) is 0 Å². The number of nitrogens with one attached hydrogen (secondary N) is 1. The number of methoxy groups -OCH3 is 1. The third-order valence-corrected chi connectivity index (χ3v) is 8.38. The molecule has 8 nitrogen and oxygen atoms in total. The number of pyridine rings is 2. The fourth-order valence-electron chi connectivity index (χ4n) is 6.04. The lowest BCUT2D eigenvalue weighted by Crippen LogP contribution is -2.48. The van der Waals surface area contributed by atoms with Crippen LogP contribution in [0.15, 0.2) is 24.4 Å². The highest BCUT2D eigenvalue weighted by molar-refractivity contribution is 5.76. The van der Waals surface area contributed by atoms with E-state index < -0.39 is 35.6 Å². The van der Waals surface area contributed by atoms with Gasteiger partial charge in [-0.05, 0) is 69.5 Å². The molecule has 0 bridgehead atoms. The van der Waals surface area contributed by atoms with Crippen LogP contribution in [0.4, 0.5) is 19.0 Å². The maximum atomic E-state index is 15.6. The van der Waals surface area contributed by atoms with Gasteiger partial charge in [-0.3, -0.25) is 14.7 Å². The van der Waals surface area contributed by atoms with Gasteiger partial charge in [0, 0.05) is 44.7 Å². The molecule has 1 saturated heterocycles. The molecule has 2 N–H and O–H groups in total. The molecule has 2 aromatic heterocycles. The van der Waals surface area contributed by atoms with Gasteiger partial charge in [0.1, 0.15) is 23.1 Å². The molecule has 4 heterocycles. The molecule has 1 unspecified atom stereocenters. The quantitative estimate of drug-likeness (QED) is 0.258. The number of alkyl halides is 2. The summed E-state index contributed by atoms with van der Waals surface area (Å²) in [5.41, 5.74) is 1.97. The number of carboxylic acid groups (broad SMARTS) is 1. The van der Waals surface area contributed by atoms with Crippen molar-refractivity contribution in [2.75, 3.05) is 25.5 Å². The Morgan fingerprint density at radius 3 is 2.83 bits per heavy atom. The van der Waals surface area contributed by atoms with Gasteiger partial charge in [0.15, 0.2) is 6.04 Å². The molecule has 0 amide bonds. The van der Waals surface area contributed by atoms with Gasteiger partial charge >= 0.3 is 5.97 Å². The van der Waals surface area contributed by atoms with Crippen LogP contribution in [0.1, 0.15) is 80.8 Å². The van der Waals surface area contributed by atoms with Crippen molar-refractivity contribution in [3.8, 4) is 5.75 Å². The van der Waals surface area contributed by atoms with Gasteiger partial charge in [0.05, 0.1) is 12.2 Å². The van der Waals surface area contributed by atoms with Gasteiger partial charge in [-0.1, -0.05) is 6.07 Å². The lowest BCUT2D eigenvalue weighted by Gasteiger charge is -2.41. The number of ether oxygens (including phenoxy) is 2. The number of rotatable bonds is 12. The number of aromatic nitrogens is 2. The van der Waals surface area contributed by atoms with E-state index in [0.717, 1.165) is 49.6 Å². The molecular formula is C29H37F3N4O4. The summed E-state index contributed by atoms with van der Waals surface area (Å²) in [5.74, 6) is -5.35. The molecule has 2 aliphatic heterocycles. The number of carboxylic acids is 1. The Hall–Kier alpha value is -2.92. The van der Waals surface area contributed by atoms with Crippen molar-refractivity contribution in [3.05, 3.63) is 47.2 Å². The molecular weight excluding hydrogens is 525 g/mol. The minimum atomic E-state index is -3.11. The molecule has 1 aliphatic carbocycles. The third-order valence-electron chi connectivity index (χ3n) is 8.38. The molecule has 3 aliphatic rings. The summed E-state index contributed by atoms with van der Waals surface area (Å²) in [7, 11) is 1.47. The Labute approximate surface area is 232 Å². The topological polar surface area (TPSA) is 96.8 Å². The van der Waals surface area contributed by atoms with Gasteiger partial charge < -0.3 is 19.9 Å². The first kappa shape index (κ1) is 28.6. The number of likely N-dealkylation sites (tertiary alicyclic amines) is 1. The van der Waals surface area contributed by atoms with Crippen LogP contribution in [0.2, 0.25) is 0 Å².